The van der Waals surface area contributed by atoms with Gasteiger partial charge in [0.2, 0.25) is 0 Å². The first-order valence-electron chi connectivity index (χ1n) is 6.37. The van der Waals surface area contributed by atoms with E-state index in [0.29, 0.717) is 13.2 Å². The Morgan fingerprint density at radius 2 is 1.63 bits per heavy atom. The number of rotatable bonds is 3. The predicted octanol–water partition coefficient (Wildman–Crippen LogP) is 3.38. The minimum atomic E-state index is -0.238. The van der Waals surface area contributed by atoms with E-state index in [4.69, 9.17) is 4.74 Å². The van der Waals surface area contributed by atoms with Crippen molar-refractivity contribution in [2.75, 3.05) is 6.61 Å². The van der Waals surface area contributed by atoms with E-state index >= 15 is 0 Å². The zero-order valence-electron chi connectivity index (χ0n) is 10.5. The van der Waals surface area contributed by atoms with E-state index in [-0.39, 0.29) is 12.1 Å². The van der Waals surface area contributed by atoms with Gasteiger partial charge in [0.1, 0.15) is 6.61 Å². The number of hydrogen-bond donors (Lipinski definition) is 0. The molecule has 0 aromatic heterocycles. The number of hydrogen-bond acceptors (Lipinski definition) is 2. The predicted molar refractivity (Wildman–Crippen MR) is 72.5 cm³/mol. The average molecular weight is 253 g/mol. The maximum absolute atomic E-state index is 11.9. The van der Waals surface area contributed by atoms with Crippen LogP contribution in [0.1, 0.15) is 17.2 Å². The van der Waals surface area contributed by atoms with Crippen LogP contribution in [-0.2, 0) is 11.3 Å². The maximum atomic E-state index is 11.9. The number of carbonyl (C=O) groups is 1. The van der Waals surface area contributed by atoms with E-state index in [1.807, 2.05) is 60.7 Å². The van der Waals surface area contributed by atoms with E-state index < -0.39 is 0 Å². The molecule has 2 aromatic rings. The molecule has 0 bridgehead atoms. The highest BCUT2D eigenvalue weighted by Crippen LogP contribution is 2.28. The van der Waals surface area contributed by atoms with Gasteiger partial charge in [-0.3, -0.25) is 4.90 Å². The first-order valence-corrected chi connectivity index (χ1v) is 6.37. The second-order valence-electron chi connectivity index (χ2n) is 4.62. The van der Waals surface area contributed by atoms with Gasteiger partial charge in [0.25, 0.3) is 0 Å². The van der Waals surface area contributed by atoms with Crippen molar-refractivity contribution in [3.8, 4) is 0 Å². The molecule has 1 amide bonds. The van der Waals surface area contributed by atoms with Gasteiger partial charge >= 0.3 is 6.09 Å². The molecule has 1 atom stereocenters. The molecule has 3 nitrogen and oxygen atoms in total. The van der Waals surface area contributed by atoms with Crippen LogP contribution in [0.3, 0.4) is 0 Å². The fraction of sp³-hybridized carbons (Fsp3) is 0.188. The molecule has 1 heterocycles. The lowest BCUT2D eigenvalue weighted by atomic mass is 10.1. The highest BCUT2D eigenvalue weighted by atomic mass is 16.6. The summed E-state index contributed by atoms with van der Waals surface area (Å²) in [5.41, 5.74) is 2.23. The Bertz CT molecular complexity index is 553. The van der Waals surface area contributed by atoms with Crippen molar-refractivity contribution in [3.05, 3.63) is 71.8 Å². The molecule has 0 N–H and O–H groups in total. The van der Waals surface area contributed by atoms with Crippen molar-refractivity contribution in [1.82, 2.24) is 4.90 Å². The molecule has 0 aliphatic carbocycles. The normalized spacial score (nSPS) is 18.4. The fourth-order valence-corrected chi connectivity index (χ4v) is 2.36. The number of nitrogens with zero attached hydrogens (tertiary/aromatic N) is 1. The van der Waals surface area contributed by atoms with Gasteiger partial charge in [-0.1, -0.05) is 60.7 Å². The third-order valence-corrected chi connectivity index (χ3v) is 3.36. The quantitative estimate of drug-likeness (QED) is 0.839. The van der Waals surface area contributed by atoms with E-state index in [0.717, 1.165) is 11.1 Å². The molecule has 19 heavy (non-hydrogen) atoms. The van der Waals surface area contributed by atoms with Crippen LogP contribution in [0.15, 0.2) is 60.7 Å². The largest absolute Gasteiger partial charge is 0.447 e. The second-order valence-corrected chi connectivity index (χ2v) is 4.62. The Labute approximate surface area is 112 Å². The molecular formula is C16H15NO2. The van der Waals surface area contributed by atoms with E-state index in [2.05, 4.69) is 0 Å². The van der Waals surface area contributed by atoms with Crippen LogP contribution in [0.25, 0.3) is 0 Å². The number of carbonyl (C=O) groups excluding carboxylic acids is 1. The van der Waals surface area contributed by atoms with Crippen molar-refractivity contribution in [3.63, 3.8) is 0 Å². The summed E-state index contributed by atoms with van der Waals surface area (Å²) in [6.07, 6.45) is -0.238. The van der Waals surface area contributed by atoms with Gasteiger partial charge in [-0.25, -0.2) is 4.79 Å². The molecule has 1 aliphatic heterocycles. The zero-order valence-corrected chi connectivity index (χ0v) is 10.5. The molecule has 3 heteroatoms. The summed E-state index contributed by atoms with van der Waals surface area (Å²) >= 11 is 0. The summed E-state index contributed by atoms with van der Waals surface area (Å²) in [5, 5.41) is 0. The van der Waals surface area contributed by atoms with Gasteiger partial charge < -0.3 is 4.74 Å². The Balaban J connectivity index is 1.83. The van der Waals surface area contributed by atoms with E-state index in [1.165, 1.54) is 0 Å². The number of ether oxygens (including phenoxy) is 1. The Morgan fingerprint density at radius 1 is 1.00 bits per heavy atom. The number of benzene rings is 2. The summed E-state index contributed by atoms with van der Waals surface area (Å²) in [6.45, 7) is 1.01. The summed E-state index contributed by atoms with van der Waals surface area (Å²) in [4.78, 5) is 13.6. The molecule has 96 valence electrons. The smallest absolute Gasteiger partial charge is 0.410 e. The third-order valence-electron chi connectivity index (χ3n) is 3.36. The minimum Gasteiger partial charge on any atom is -0.447 e. The average Bonchev–Trinajstić information content (AvgIpc) is 2.82. The molecule has 1 fully saturated rings. The van der Waals surface area contributed by atoms with Crippen LogP contribution >= 0.6 is 0 Å². The van der Waals surface area contributed by atoms with Crippen LogP contribution in [0.4, 0.5) is 4.79 Å². The van der Waals surface area contributed by atoms with Gasteiger partial charge in [-0.2, -0.15) is 0 Å². The van der Waals surface area contributed by atoms with Crippen molar-refractivity contribution in [2.24, 2.45) is 0 Å². The van der Waals surface area contributed by atoms with Crippen molar-refractivity contribution < 1.29 is 9.53 Å². The molecule has 0 saturated carbocycles. The van der Waals surface area contributed by atoms with Crippen molar-refractivity contribution >= 4 is 6.09 Å². The van der Waals surface area contributed by atoms with Crippen LogP contribution in [0.5, 0.6) is 0 Å². The molecule has 1 saturated heterocycles. The van der Waals surface area contributed by atoms with Crippen LogP contribution < -0.4 is 0 Å². The summed E-state index contributed by atoms with van der Waals surface area (Å²) < 4.78 is 5.19. The lowest BCUT2D eigenvalue weighted by molar-refractivity contribution is 0.156. The van der Waals surface area contributed by atoms with Crippen LogP contribution in [0, 0.1) is 0 Å². The summed E-state index contributed by atoms with van der Waals surface area (Å²) in [5.74, 6) is 0. The van der Waals surface area contributed by atoms with Gasteiger partial charge in [0.15, 0.2) is 0 Å². The highest BCUT2D eigenvalue weighted by molar-refractivity contribution is 5.70. The molecule has 2 aromatic carbocycles. The number of amides is 1. The topological polar surface area (TPSA) is 29.5 Å². The number of cyclic esters (lactones) is 1. The monoisotopic (exact) mass is 253 g/mol. The molecule has 3 rings (SSSR count). The third kappa shape index (κ3) is 2.45. The van der Waals surface area contributed by atoms with Crippen LogP contribution in [0.2, 0.25) is 0 Å². The van der Waals surface area contributed by atoms with E-state index in [9.17, 15) is 4.79 Å². The minimum absolute atomic E-state index is 0.00825. The van der Waals surface area contributed by atoms with Gasteiger partial charge in [-0.05, 0) is 11.1 Å². The maximum Gasteiger partial charge on any atom is 0.410 e. The molecule has 0 spiro atoms. The Morgan fingerprint density at radius 3 is 2.32 bits per heavy atom. The molecule has 0 unspecified atom stereocenters. The molecule has 1 aliphatic rings. The Kier molecular flexibility index (Phi) is 3.19. The van der Waals surface area contributed by atoms with Gasteiger partial charge in [0, 0.05) is 6.54 Å². The lowest BCUT2D eigenvalue weighted by Crippen LogP contribution is -2.27. The van der Waals surface area contributed by atoms with Crippen LogP contribution in [-0.4, -0.2) is 17.6 Å². The van der Waals surface area contributed by atoms with E-state index in [1.54, 1.807) is 4.90 Å². The zero-order chi connectivity index (χ0) is 13.1. The standard InChI is InChI=1S/C16H15NO2/c18-16-17(11-13-7-3-1-4-8-13)15(12-19-16)14-9-5-2-6-10-14/h1-10,15H,11-12H2/t15-/m1/s1. The fourth-order valence-electron chi connectivity index (χ4n) is 2.36. The summed E-state index contributed by atoms with van der Waals surface area (Å²) in [7, 11) is 0. The first kappa shape index (κ1) is 11.8. The second kappa shape index (κ2) is 5.14. The lowest BCUT2D eigenvalue weighted by Gasteiger charge is -2.21. The first-order chi connectivity index (χ1) is 9.34. The Hall–Kier alpha value is -2.29. The highest BCUT2D eigenvalue weighted by Gasteiger charge is 2.33. The molecule has 0 radical (unpaired) electrons. The molecular weight excluding hydrogens is 238 g/mol. The van der Waals surface area contributed by atoms with Crippen molar-refractivity contribution in [1.29, 1.82) is 0 Å². The van der Waals surface area contributed by atoms with Gasteiger partial charge in [-0.15, -0.1) is 0 Å². The SMILES string of the molecule is O=C1OC[C@H](c2ccccc2)N1Cc1ccccc1. The summed E-state index contributed by atoms with van der Waals surface area (Å²) in [6, 6.07) is 20.0. The van der Waals surface area contributed by atoms with Gasteiger partial charge in [0.05, 0.1) is 6.04 Å². The van der Waals surface area contributed by atoms with Crippen molar-refractivity contribution in [2.45, 2.75) is 12.6 Å².